The van der Waals surface area contributed by atoms with Crippen LogP contribution in [-0.4, -0.2) is 17.4 Å². The molecular weight excluding hydrogens is 362 g/mol. The van der Waals surface area contributed by atoms with E-state index >= 15 is 0 Å². The lowest BCUT2D eigenvalue weighted by molar-refractivity contribution is -0.144. The van der Waals surface area contributed by atoms with E-state index in [-0.39, 0.29) is 17.8 Å². The van der Waals surface area contributed by atoms with Gasteiger partial charge in [-0.2, -0.15) is 0 Å². The highest BCUT2D eigenvalue weighted by molar-refractivity contribution is 6.31. The maximum atomic E-state index is 13.1. The van der Waals surface area contributed by atoms with Crippen molar-refractivity contribution < 1.29 is 14.3 Å². The molecule has 1 amide bonds. The molecule has 0 saturated heterocycles. The van der Waals surface area contributed by atoms with Crippen LogP contribution in [0.2, 0.25) is 5.02 Å². The summed E-state index contributed by atoms with van der Waals surface area (Å²) in [6, 6.07) is 5.53. The lowest BCUT2D eigenvalue weighted by Gasteiger charge is -2.37. The zero-order valence-corrected chi connectivity index (χ0v) is 17.3. The molecule has 27 heavy (non-hydrogen) atoms. The monoisotopic (exact) mass is 389 g/mol. The maximum absolute atomic E-state index is 13.1. The Morgan fingerprint density at radius 1 is 1.33 bits per heavy atom. The normalized spacial score (nSPS) is 25.3. The number of ether oxygens (including phenoxy) is 1. The number of aryl methyl sites for hydroxylation is 1. The zero-order chi connectivity index (χ0) is 19.8. The molecule has 0 aromatic heterocycles. The van der Waals surface area contributed by atoms with Gasteiger partial charge in [0.05, 0.1) is 17.0 Å². The molecule has 1 aromatic rings. The van der Waals surface area contributed by atoms with Crippen LogP contribution in [0, 0.1) is 11.8 Å². The molecule has 146 valence electrons. The minimum atomic E-state index is -0.575. The summed E-state index contributed by atoms with van der Waals surface area (Å²) in [7, 11) is 0. The van der Waals surface area contributed by atoms with Crippen LogP contribution in [0.3, 0.4) is 0 Å². The second-order valence-electron chi connectivity index (χ2n) is 8.15. The van der Waals surface area contributed by atoms with Crippen molar-refractivity contribution in [3.8, 4) is 0 Å². The van der Waals surface area contributed by atoms with Crippen molar-refractivity contribution in [1.82, 2.24) is 5.32 Å². The van der Waals surface area contributed by atoms with Gasteiger partial charge in [-0.05, 0) is 61.3 Å². The Morgan fingerprint density at radius 2 is 2.00 bits per heavy atom. The van der Waals surface area contributed by atoms with Gasteiger partial charge in [0.1, 0.15) is 5.76 Å². The van der Waals surface area contributed by atoms with Crippen LogP contribution in [0.25, 0.3) is 5.57 Å². The Morgan fingerprint density at radius 3 is 2.59 bits per heavy atom. The Kier molecular flexibility index (Phi) is 5.66. The number of carbonyl (C=O) groups is 2. The van der Waals surface area contributed by atoms with Gasteiger partial charge in [-0.15, -0.1) is 0 Å². The van der Waals surface area contributed by atoms with Crippen LogP contribution < -0.4 is 5.32 Å². The van der Waals surface area contributed by atoms with Gasteiger partial charge in [-0.1, -0.05) is 45.4 Å². The molecule has 4 nitrogen and oxygen atoms in total. The predicted octanol–water partition coefficient (Wildman–Crippen LogP) is 4.89. The molecule has 0 radical (unpaired) electrons. The van der Waals surface area contributed by atoms with Gasteiger partial charge in [-0.25, -0.2) is 0 Å². The van der Waals surface area contributed by atoms with Crippen molar-refractivity contribution >= 4 is 29.1 Å². The van der Waals surface area contributed by atoms with Crippen molar-refractivity contribution in [2.45, 2.75) is 65.3 Å². The van der Waals surface area contributed by atoms with Gasteiger partial charge in [0.15, 0.2) is 0 Å². The van der Waals surface area contributed by atoms with Crippen LogP contribution in [-0.2, 0) is 20.7 Å². The average molecular weight is 390 g/mol. The number of nitrogens with one attached hydrogen (secondary N) is 1. The van der Waals surface area contributed by atoms with Crippen LogP contribution >= 0.6 is 11.6 Å². The minimum absolute atomic E-state index is 0.159. The van der Waals surface area contributed by atoms with Crippen LogP contribution in [0.4, 0.5) is 0 Å². The third-order valence-corrected chi connectivity index (χ3v) is 6.00. The molecule has 1 aliphatic carbocycles. The molecule has 2 aliphatic rings. The molecule has 1 N–H and O–H groups in total. The summed E-state index contributed by atoms with van der Waals surface area (Å²) in [6.45, 7) is 7.87. The second-order valence-corrected chi connectivity index (χ2v) is 8.59. The molecule has 1 fully saturated rings. The third-order valence-electron chi connectivity index (χ3n) is 5.76. The summed E-state index contributed by atoms with van der Waals surface area (Å²) in [6.07, 6.45) is 4.32. The van der Waals surface area contributed by atoms with Crippen molar-refractivity contribution in [2.24, 2.45) is 11.8 Å². The molecule has 1 heterocycles. The van der Waals surface area contributed by atoms with E-state index in [0.29, 0.717) is 22.3 Å². The van der Waals surface area contributed by atoms with E-state index in [1.807, 2.05) is 32.9 Å². The van der Waals surface area contributed by atoms with Crippen molar-refractivity contribution in [1.29, 1.82) is 0 Å². The Labute approximate surface area is 166 Å². The van der Waals surface area contributed by atoms with E-state index in [0.717, 1.165) is 43.2 Å². The standard InChI is InChI=1S/C22H28ClNO3/c1-5-15-12-16(23)6-7-17(15)18-19(27-21(26)13(2)3)22(24-20(18)25)10-8-14(4)9-11-22/h6-7,12-14H,5,8-11H2,1-4H3,(H,24,25). The number of esters is 1. The smallest absolute Gasteiger partial charge is 0.313 e. The first-order valence-corrected chi connectivity index (χ1v) is 10.2. The fourth-order valence-electron chi connectivity index (χ4n) is 4.00. The zero-order valence-electron chi connectivity index (χ0n) is 16.5. The fourth-order valence-corrected chi connectivity index (χ4v) is 4.19. The molecule has 1 saturated carbocycles. The van der Waals surface area contributed by atoms with Crippen molar-refractivity contribution in [3.05, 3.63) is 40.1 Å². The molecular formula is C22H28ClNO3. The Balaban J connectivity index is 2.15. The molecule has 0 bridgehead atoms. The minimum Gasteiger partial charge on any atom is -0.427 e. The SMILES string of the molecule is CCc1cc(Cl)ccc1C1=C(OC(=O)C(C)C)C2(CCC(C)CC2)NC1=O. The van der Waals surface area contributed by atoms with Gasteiger partial charge in [0.2, 0.25) is 0 Å². The predicted molar refractivity (Wildman–Crippen MR) is 107 cm³/mol. The average Bonchev–Trinajstić information content (AvgIpc) is 2.89. The lowest BCUT2D eigenvalue weighted by Crippen LogP contribution is -2.48. The van der Waals surface area contributed by atoms with Crippen molar-refractivity contribution in [2.75, 3.05) is 0 Å². The van der Waals surface area contributed by atoms with Crippen LogP contribution in [0.1, 0.15) is 64.5 Å². The maximum Gasteiger partial charge on any atom is 0.313 e. The van der Waals surface area contributed by atoms with Crippen LogP contribution in [0.15, 0.2) is 24.0 Å². The number of benzene rings is 1. The number of halogens is 1. The summed E-state index contributed by atoms with van der Waals surface area (Å²) in [5, 5.41) is 3.81. The quantitative estimate of drug-likeness (QED) is 0.746. The highest BCUT2D eigenvalue weighted by atomic mass is 35.5. The van der Waals surface area contributed by atoms with E-state index < -0.39 is 5.54 Å². The first-order valence-electron chi connectivity index (χ1n) is 9.85. The number of rotatable bonds is 4. The largest absolute Gasteiger partial charge is 0.427 e. The van der Waals surface area contributed by atoms with Gasteiger partial charge in [0, 0.05) is 5.02 Å². The Hall–Kier alpha value is -1.81. The van der Waals surface area contributed by atoms with Gasteiger partial charge >= 0.3 is 5.97 Å². The lowest BCUT2D eigenvalue weighted by atomic mass is 9.76. The van der Waals surface area contributed by atoms with E-state index in [4.69, 9.17) is 16.3 Å². The topological polar surface area (TPSA) is 55.4 Å². The second kappa shape index (κ2) is 7.67. The van der Waals surface area contributed by atoms with Gasteiger partial charge in [0.25, 0.3) is 5.91 Å². The van der Waals surface area contributed by atoms with E-state index in [1.54, 1.807) is 6.07 Å². The fraction of sp³-hybridized carbons (Fsp3) is 0.545. The number of carbonyl (C=O) groups excluding carboxylic acids is 2. The third kappa shape index (κ3) is 3.77. The molecule has 0 unspecified atom stereocenters. The highest BCUT2D eigenvalue weighted by Crippen LogP contribution is 2.45. The molecule has 1 spiro atoms. The summed E-state index contributed by atoms with van der Waals surface area (Å²) >= 11 is 6.16. The molecule has 1 aromatic carbocycles. The van der Waals surface area contributed by atoms with Gasteiger partial charge in [-0.3, -0.25) is 9.59 Å². The number of amides is 1. The summed E-state index contributed by atoms with van der Waals surface area (Å²) in [5.74, 6) is 0.400. The van der Waals surface area contributed by atoms with E-state index in [1.165, 1.54) is 0 Å². The molecule has 3 rings (SSSR count). The van der Waals surface area contributed by atoms with E-state index in [2.05, 4.69) is 12.2 Å². The highest BCUT2D eigenvalue weighted by Gasteiger charge is 2.49. The summed E-state index contributed by atoms with van der Waals surface area (Å²) < 4.78 is 5.89. The first kappa shape index (κ1) is 19.9. The van der Waals surface area contributed by atoms with Gasteiger partial charge < -0.3 is 10.1 Å². The first-order chi connectivity index (χ1) is 12.8. The number of hydrogen-bond donors (Lipinski definition) is 1. The van der Waals surface area contributed by atoms with E-state index in [9.17, 15) is 9.59 Å². The molecule has 0 atom stereocenters. The Bertz CT molecular complexity index is 789. The number of hydrogen-bond acceptors (Lipinski definition) is 3. The van der Waals surface area contributed by atoms with Crippen LogP contribution in [0.5, 0.6) is 0 Å². The molecule has 1 aliphatic heterocycles. The molecule has 5 heteroatoms. The summed E-state index contributed by atoms with van der Waals surface area (Å²) in [4.78, 5) is 25.5. The van der Waals surface area contributed by atoms with Crippen molar-refractivity contribution in [3.63, 3.8) is 0 Å². The summed E-state index contributed by atoms with van der Waals surface area (Å²) in [5.41, 5.74) is 1.70.